The zero-order valence-electron chi connectivity index (χ0n) is 9.81. The zero-order valence-corrected chi connectivity index (χ0v) is 12.0. The van der Waals surface area contributed by atoms with Gasteiger partial charge in [0.2, 0.25) is 0 Å². The second-order valence-electron chi connectivity index (χ2n) is 3.75. The van der Waals surface area contributed by atoms with Crippen LogP contribution in [0.5, 0.6) is 5.75 Å². The number of carbonyl (C=O) groups is 1. The van der Waals surface area contributed by atoms with E-state index in [9.17, 15) is 9.90 Å². The van der Waals surface area contributed by atoms with Gasteiger partial charge in [-0.05, 0) is 50.8 Å². The van der Waals surface area contributed by atoms with Gasteiger partial charge >= 0.3 is 0 Å². The van der Waals surface area contributed by atoms with E-state index in [4.69, 9.17) is 4.74 Å². The minimum atomic E-state index is -0.859. The van der Waals surface area contributed by atoms with Crippen LogP contribution in [0.2, 0.25) is 0 Å². The van der Waals surface area contributed by atoms with Crippen molar-refractivity contribution in [2.75, 3.05) is 7.11 Å². The van der Waals surface area contributed by atoms with Crippen molar-refractivity contribution in [1.82, 2.24) is 0 Å². The summed E-state index contributed by atoms with van der Waals surface area (Å²) < 4.78 is 5.67. The molecule has 0 fully saturated rings. The standard InChI is InChI=1S/C13H15IO3/c1-8(14)12(9(2)15)13(16)10-4-6-11(17-3)7-5-10/h4-7,12-13,16H,1H2,2-3H3/t12-,13?/m0/s1. The molecule has 0 radical (unpaired) electrons. The van der Waals surface area contributed by atoms with Crippen molar-refractivity contribution in [3.63, 3.8) is 0 Å². The summed E-state index contributed by atoms with van der Waals surface area (Å²) in [4.78, 5) is 11.5. The van der Waals surface area contributed by atoms with E-state index < -0.39 is 12.0 Å². The number of ketones is 1. The maximum atomic E-state index is 11.5. The molecule has 3 nitrogen and oxygen atoms in total. The molecule has 0 bridgehead atoms. The molecule has 4 heteroatoms. The summed E-state index contributed by atoms with van der Waals surface area (Å²) in [6.07, 6.45) is -0.859. The minimum absolute atomic E-state index is 0.0901. The van der Waals surface area contributed by atoms with Crippen LogP contribution in [-0.2, 0) is 4.79 Å². The van der Waals surface area contributed by atoms with Crippen molar-refractivity contribution < 1.29 is 14.6 Å². The van der Waals surface area contributed by atoms with E-state index in [1.54, 1.807) is 31.4 Å². The topological polar surface area (TPSA) is 46.5 Å². The average molecular weight is 346 g/mol. The average Bonchev–Trinajstić information content (AvgIpc) is 2.28. The molecule has 17 heavy (non-hydrogen) atoms. The van der Waals surface area contributed by atoms with E-state index in [0.717, 1.165) is 0 Å². The van der Waals surface area contributed by atoms with Gasteiger partial charge in [0.05, 0.1) is 19.1 Å². The molecule has 0 aromatic heterocycles. The largest absolute Gasteiger partial charge is 0.497 e. The summed E-state index contributed by atoms with van der Waals surface area (Å²) in [5.74, 6) is 0.0605. The van der Waals surface area contributed by atoms with Crippen molar-refractivity contribution in [1.29, 1.82) is 0 Å². The van der Waals surface area contributed by atoms with Gasteiger partial charge in [0.1, 0.15) is 11.5 Å². The lowest BCUT2D eigenvalue weighted by Gasteiger charge is -2.20. The summed E-state index contributed by atoms with van der Waals surface area (Å²) in [5, 5.41) is 10.2. The van der Waals surface area contributed by atoms with Crippen molar-refractivity contribution in [3.05, 3.63) is 40.0 Å². The number of aliphatic hydroxyl groups is 1. The number of rotatable bonds is 5. The van der Waals surface area contributed by atoms with E-state index in [1.807, 2.05) is 22.6 Å². The lowest BCUT2D eigenvalue weighted by Crippen LogP contribution is -2.20. The van der Waals surface area contributed by atoms with Crippen LogP contribution >= 0.6 is 22.6 Å². The Kier molecular flexibility index (Phi) is 5.14. The maximum Gasteiger partial charge on any atom is 0.140 e. The van der Waals surface area contributed by atoms with Crippen LogP contribution in [0, 0.1) is 5.92 Å². The van der Waals surface area contributed by atoms with Crippen LogP contribution in [0.25, 0.3) is 0 Å². The lowest BCUT2D eigenvalue weighted by molar-refractivity contribution is -0.122. The van der Waals surface area contributed by atoms with Gasteiger partial charge in [0, 0.05) is 0 Å². The fourth-order valence-electron chi connectivity index (χ4n) is 1.61. The van der Waals surface area contributed by atoms with Crippen LogP contribution in [0.15, 0.2) is 34.4 Å². The zero-order chi connectivity index (χ0) is 13.0. The Balaban J connectivity index is 2.97. The van der Waals surface area contributed by atoms with Crippen molar-refractivity contribution >= 4 is 28.4 Å². The number of carbonyl (C=O) groups excluding carboxylic acids is 1. The van der Waals surface area contributed by atoms with E-state index in [0.29, 0.717) is 14.9 Å². The third kappa shape index (κ3) is 3.54. The first-order chi connectivity index (χ1) is 7.97. The fraction of sp³-hybridized carbons (Fsp3) is 0.308. The molecule has 0 spiro atoms. The Bertz CT molecular complexity index is 397. The molecule has 0 saturated carbocycles. The molecule has 0 amide bonds. The van der Waals surface area contributed by atoms with Gasteiger partial charge in [-0.2, -0.15) is 0 Å². The van der Waals surface area contributed by atoms with Gasteiger partial charge in [0.15, 0.2) is 0 Å². The summed E-state index contributed by atoms with van der Waals surface area (Å²) in [6.45, 7) is 5.20. The molecule has 92 valence electrons. The van der Waals surface area contributed by atoms with Gasteiger partial charge in [-0.25, -0.2) is 0 Å². The van der Waals surface area contributed by atoms with Crippen LogP contribution in [0.4, 0.5) is 0 Å². The number of aliphatic hydroxyl groups excluding tert-OH is 1. The molecule has 1 N–H and O–H groups in total. The van der Waals surface area contributed by atoms with Crippen molar-refractivity contribution in [3.8, 4) is 5.75 Å². The van der Waals surface area contributed by atoms with Gasteiger partial charge in [0.25, 0.3) is 0 Å². The molecular formula is C13H15IO3. The number of halogens is 1. The molecular weight excluding hydrogens is 331 g/mol. The summed E-state index contributed by atoms with van der Waals surface area (Å²) in [7, 11) is 1.58. The molecule has 1 unspecified atom stereocenters. The quantitative estimate of drug-likeness (QED) is 0.834. The Morgan fingerprint density at radius 3 is 2.29 bits per heavy atom. The molecule has 2 atom stereocenters. The van der Waals surface area contributed by atoms with Gasteiger partial charge in [-0.15, -0.1) is 0 Å². The van der Waals surface area contributed by atoms with Crippen LogP contribution in [0.1, 0.15) is 18.6 Å². The molecule has 0 saturated heterocycles. The molecule has 1 rings (SSSR count). The Hall–Kier alpha value is -0.880. The van der Waals surface area contributed by atoms with Crippen LogP contribution in [0.3, 0.4) is 0 Å². The number of hydrogen-bond acceptors (Lipinski definition) is 3. The normalized spacial score (nSPS) is 13.9. The van der Waals surface area contributed by atoms with E-state index in [2.05, 4.69) is 6.58 Å². The first-order valence-electron chi connectivity index (χ1n) is 5.14. The highest BCUT2D eigenvalue weighted by Gasteiger charge is 2.26. The van der Waals surface area contributed by atoms with Crippen molar-refractivity contribution in [2.24, 2.45) is 5.92 Å². The molecule has 0 aliphatic rings. The fourth-order valence-corrected chi connectivity index (χ4v) is 2.39. The third-order valence-electron chi connectivity index (χ3n) is 2.55. The first kappa shape index (κ1) is 14.2. The van der Waals surface area contributed by atoms with E-state index in [-0.39, 0.29) is 5.78 Å². The third-order valence-corrected chi connectivity index (χ3v) is 3.22. The Morgan fingerprint density at radius 1 is 1.41 bits per heavy atom. The highest BCUT2D eigenvalue weighted by Crippen LogP contribution is 2.31. The lowest BCUT2D eigenvalue weighted by atomic mass is 9.93. The number of ether oxygens (including phenoxy) is 1. The molecule has 0 heterocycles. The monoisotopic (exact) mass is 346 g/mol. The molecule has 1 aromatic rings. The first-order valence-corrected chi connectivity index (χ1v) is 6.22. The second-order valence-corrected chi connectivity index (χ2v) is 5.14. The smallest absolute Gasteiger partial charge is 0.140 e. The van der Waals surface area contributed by atoms with Gasteiger partial charge < -0.3 is 9.84 Å². The van der Waals surface area contributed by atoms with Gasteiger partial charge in [-0.3, -0.25) is 4.79 Å². The Labute approximate surface area is 115 Å². The van der Waals surface area contributed by atoms with Crippen LogP contribution < -0.4 is 4.74 Å². The number of benzene rings is 1. The summed E-state index contributed by atoms with van der Waals surface area (Å²) in [6, 6.07) is 7.01. The molecule has 0 aliphatic heterocycles. The number of hydrogen-bond donors (Lipinski definition) is 1. The Morgan fingerprint density at radius 2 is 1.94 bits per heavy atom. The summed E-state index contributed by atoms with van der Waals surface area (Å²) in [5.41, 5.74) is 0.684. The molecule has 0 aliphatic carbocycles. The van der Waals surface area contributed by atoms with Gasteiger partial charge in [-0.1, -0.05) is 18.7 Å². The minimum Gasteiger partial charge on any atom is -0.497 e. The predicted molar refractivity (Wildman–Crippen MR) is 75.3 cm³/mol. The van der Waals surface area contributed by atoms with Crippen LogP contribution in [-0.4, -0.2) is 18.0 Å². The highest BCUT2D eigenvalue weighted by molar-refractivity contribution is 14.1. The SMILES string of the molecule is C=C(I)[C@@H](C(C)=O)C(O)c1ccc(OC)cc1. The van der Waals surface area contributed by atoms with E-state index in [1.165, 1.54) is 6.92 Å². The number of methoxy groups -OCH3 is 1. The second kappa shape index (κ2) is 6.16. The number of Topliss-reactive ketones (excluding diaryl/α,β-unsaturated/α-hetero) is 1. The highest BCUT2D eigenvalue weighted by atomic mass is 127. The van der Waals surface area contributed by atoms with Crippen molar-refractivity contribution in [2.45, 2.75) is 13.0 Å². The molecule has 1 aromatic carbocycles. The maximum absolute atomic E-state index is 11.5. The summed E-state index contributed by atoms with van der Waals surface area (Å²) >= 11 is 1.98. The van der Waals surface area contributed by atoms with E-state index >= 15 is 0 Å². The predicted octanol–water partition coefficient (Wildman–Crippen LogP) is 2.88.